The lowest BCUT2D eigenvalue weighted by Crippen LogP contribution is -2.50. The van der Waals surface area contributed by atoms with Crippen molar-refractivity contribution < 1.29 is 0 Å². The third kappa shape index (κ3) is 5.90. The second-order valence-electron chi connectivity index (χ2n) is 6.95. The van der Waals surface area contributed by atoms with E-state index in [-0.39, 0.29) is 28.7 Å². The molecular formula is C19H28IN5S. The van der Waals surface area contributed by atoms with Gasteiger partial charge < -0.3 is 10.2 Å². The van der Waals surface area contributed by atoms with Gasteiger partial charge in [-0.1, -0.05) is 24.3 Å². The van der Waals surface area contributed by atoms with Crippen LogP contribution in [0.25, 0.3) is 0 Å². The summed E-state index contributed by atoms with van der Waals surface area (Å²) in [6.07, 6.45) is 3.80. The molecule has 1 aliphatic rings. The number of nitrogens with zero attached hydrogens (tertiary/aromatic N) is 4. The first-order valence-electron chi connectivity index (χ1n) is 8.70. The zero-order valence-electron chi connectivity index (χ0n) is 15.7. The molecule has 0 atom stereocenters. The van der Waals surface area contributed by atoms with Crippen molar-refractivity contribution in [2.75, 3.05) is 25.9 Å². The fraction of sp³-hybridized carbons (Fsp3) is 0.474. The van der Waals surface area contributed by atoms with Crippen LogP contribution < -0.4 is 5.32 Å². The molecule has 1 aliphatic heterocycles. The molecule has 1 N–H and O–H groups in total. The van der Waals surface area contributed by atoms with E-state index in [4.69, 9.17) is 0 Å². The number of aromatic nitrogens is 2. The van der Waals surface area contributed by atoms with Crippen molar-refractivity contribution in [2.45, 2.75) is 31.7 Å². The summed E-state index contributed by atoms with van der Waals surface area (Å²) in [5.41, 5.74) is 2.52. The summed E-state index contributed by atoms with van der Waals surface area (Å²) in [6, 6.07) is 10.6. The van der Waals surface area contributed by atoms with E-state index in [0.717, 1.165) is 37.9 Å². The highest BCUT2D eigenvalue weighted by Crippen LogP contribution is 2.29. The molecule has 0 aliphatic carbocycles. The Morgan fingerprint density at radius 2 is 2.12 bits per heavy atom. The summed E-state index contributed by atoms with van der Waals surface area (Å²) in [5.74, 6) is 2.14. The van der Waals surface area contributed by atoms with Gasteiger partial charge in [-0.2, -0.15) is 16.9 Å². The first-order valence-corrected chi connectivity index (χ1v) is 9.69. The summed E-state index contributed by atoms with van der Waals surface area (Å²) in [6.45, 7) is 8.26. The van der Waals surface area contributed by atoms with Gasteiger partial charge in [-0.25, -0.2) is 0 Å². The molecule has 0 spiro atoms. The molecule has 5 nitrogen and oxygen atoms in total. The smallest absolute Gasteiger partial charge is 0.193 e. The van der Waals surface area contributed by atoms with Crippen molar-refractivity contribution in [3.63, 3.8) is 0 Å². The highest BCUT2D eigenvalue weighted by atomic mass is 127. The molecule has 1 aromatic heterocycles. The van der Waals surface area contributed by atoms with E-state index in [1.165, 1.54) is 11.1 Å². The lowest BCUT2D eigenvalue weighted by molar-refractivity contribution is 0.375. The molecule has 0 saturated carbocycles. The van der Waals surface area contributed by atoms with Crippen LogP contribution in [0.2, 0.25) is 0 Å². The molecular weight excluding hydrogens is 457 g/mol. The van der Waals surface area contributed by atoms with E-state index in [2.05, 4.69) is 58.4 Å². The highest BCUT2D eigenvalue weighted by molar-refractivity contribution is 14.0. The van der Waals surface area contributed by atoms with Crippen molar-refractivity contribution in [1.29, 1.82) is 0 Å². The number of benzene rings is 1. The van der Waals surface area contributed by atoms with Crippen LogP contribution in [-0.2, 0) is 13.1 Å². The Kier molecular flexibility index (Phi) is 7.82. The molecule has 0 unspecified atom stereocenters. The van der Waals surface area contributed by atoms with Crippen molar-refractivity contribution in [3.05, 3.63) is 53.9 Å². The fourth-order valence-corrected chi connectivity index (χ4v) is 4.24. The van der Waals surface area contributed by atoms with Gasteiger partial charge in [0.2, 0.25) is 0 Å². The molecule has 0 amide bonds. The Hall–Kier alpha value is -1.22. The van der Waals surface area contributed by atoms with Gasteiger partial charge >= 0.3 is 0 Å². The first kappa shape index (κ1) is 21.1. The molecule has 1 saturated heterocycles. The van der Waals surface area contributed by atoms with Gasteiger partial charge in [0.05, 0.1) is 6.54 Å². The molecule has 7 heteroatoms. The Labute approximate surface area is 177 Å². The van der Waals surface area contributed by atoms with Gasteiger partial charge in [0.1, 0.15) is 0 Å². The molecule has 1 fully saturated rings. The second-order valence-corrected chi connectivity index (χ2v) is 8.76. The van der Waals surface area contributed by atoms with Crippen LogP contribution in [0, 0.1) is 0 Å². The van der Waals surface area contributed by atoms with Crippen LogP contribution in [0.15, 0.2) is 47.7 Å². The van der Waals surface area contributed by atoms with Crippen LogP contribution in [-0.4, -0.2) is 51.3 Å². The Morgan fingerprint density at radius 1 is 1.31 bits per heavy atom. The lowest BCUT2D eigenvalue weighted by atomic mass is 10.1. The van der Waals surface area contributed by atoms with Crippen LogP contribution in [0.3, 0.4) is 0 Å². The van der Waals surface area contributed by atoms with E-state index in [1.807, 2.05) is 42.0 Å². The Bertz CT molecular complexity index is 714. The number of nitrogens with one attached hydrogen (secondary N) is 1. The van der Waals surface area contributed by atoms with Crippen LogP contribution in [0.4, 0.5) is 0 Å². The minimum Gasteiger partial charge on any atom is -0.352 e. The first-order chi connectivity index (χ1) is 12.1. The number of halogens is 1. The summed E-state index contributed by atoms with van der Waals surface area (Å²) in [5, 5.41) is 7.80. The monoisotopic (exact) mass is 485 g/mol. The standard InChI is InChI=1S/C19H27N5S.HI/c1-19(2)15-23(10-11-25-19)18(20-3)21-13-16-6-4-7-17(12-16)14-24-9-5-8-22-24;/h4-9,12H,10-11,13-15H2,1-3H3,(H,20,21);1H. The van der Waals surface area contributed by atoms with E-state index >= 15 is 0 Å². The summed E-state index contributed by atoms with van der Waals surface area (Å²) < 4.78 is 2.22. The van der Waals surface area contributed by atoms with Crippen LogP contribution >= 0.6 is 35.7 Å². The number of guanidine groups is 1. The van der Waals surface area contributed by atoms with Gasteiger partial charge in [-0.15, -0.1) is 24.0 Å². The van der Waals surface area contributed by atoms with Gasteiger partial charge in [0, 0.05) is 49.6 Å². The molecule has 2 heterocycles. The van der Waals surface area contributed by atoms with Gasteiger partial charge in [-0.05, 0) is 31.0 Å². The third-order valence-corrected chi connectivity index (χ3v) is 5.58. The molecule has 26 heavy (non-hydrogen) atoms. The average Bonchev–Trinajstić information content (AvgIpc) is 3.08. The molecule has 1 aromatic carbocycles. The number of hydrogen-bond donors (Lipinski definition) is 1. The summed E-state index contributed by atoms with van der Waals surface area (Å²) in [4.78, 5) is 6.85. The largest absolute Gasteiger partial charge is 0.352 e. The maximum atomic E-state index is 4.48. The van der Waals surface area contributed by atoms with Crippen molar-refractivity contribution in [1.82, 2.24) is 20.0 Å². The zero-order chi connectivity index (χ0) is 17.7. The number of rotatable bonds is 4. The van der Waals surface area contributed by atoms with Crippen LogP contribution in [0.1, 0.15) is 25.0 Å². The maximum absolute atomic E-state index is 4.48. The minimum atomic E-state index is 0. The number of thioether (sulfide) groups is 1. The second kappa shape index (κ2) is 9.64. The number of aliphatic imine (C=N–C) groups is 1. The normalized spacial score (nSPS) is 16.9. The molecule has 2 aromatic rings. The van der Waals surface area contributed by atoms with E-state index in [0.29, 0.717) is 0 Å². The predicted octanol–water partition coefficient (Wildman–Crippen LogP) is 3.45. The van der Waals surface area contributed by atoms with Gasteiger partial charge in [-0.3, -0.25) is 9.67 Å². The molecule has 3 rings (SSSR count). The van der Waals surface area contributed by atoms with Gasteiger partial charge in [0.15, 0.2) is 5.96 Å². The van der Waals surface area contributed by atoms with Crippen molar-refractivity contribution >= 4 is 41.7 Å². The highest BCUT2D eigenvalue weighted by Gasteiger charge is 2.28. The number of hydrogen-bond acceptors (Lipinski definition) is 3. The fourth-order valence-electron chi connectivity index (χ4n) is 3.13. The zero-order valence-corrected chi connectivity index (χ0v) is 18.8. The lowest BCUT2D eigenvalue weighted by Gasteiger charge is -2.39. The van der Waals surface area contributed by atoms with Crippen LogP contribution in [0.5, 0.6) is 0 Å². The van der Waals surface area contributed by atoms with E-state index in [1.54, 1.807) is 0 Å². The SMILES string of the molecule is CN=C(NCc1cccc(Cn2cccn2)c1)N1CCSC(C)(C)C1.I. The Morgan fingerprint density at radius 3 is 2.81 bits per heavy atom. The summed E-state index contributed by atoms with van der Waals surface area (Å²) >= 11 is 2.04. The van der Waals surface area contributed by atoms with E-state index < -0.39 is 0 Å². The molecule has 0 radical (unpaired) electrons. The minimum absolute atomic E-state index is 0. The predicted molar refractivity (Wildman–Crippen MR) is 121 cm³/mol. The molecule has 0 bridgehead atoms. The topological polar surface area (TPSA) is 45.5 Å². The Balaban J connectivity index is 0.00000243. The quantitative estimate of drug-likeness (QED) is 0.410. The molecule has 142 valence electrons. The average molecular weight is 485 g/mol. The van der Waals surface area contributed by atoms with Crippen molar-refractivity contribution in [2.24, 2.45) is 4.99 Å². The van der Waals surface area contributed by atoms with E-state index in [9.17, 15) is 0 Å². The maximum Gasteiger partial charge on any atom is 0.193 e. The van der Waals surface area contributed by atoms with Gasteiger partial charge in [0.25, 0.3) is 0 Å². The third-order valence-electron chi connectivity index (χ3n) is 4.28. The summed E-state index contributed by atoms with van der Waals surface area (Å²) in [7, 11) is 1.87. The van der Waals surface area contributed by atoms with Crippen molar-refractivity contribution in [3.8, 4) is 0 Å².